The van der Waals surface area contributed by atoms with E-state index in [1.165, 1.54) is 6.92 Å². The first kappa shape index (κ1) is 17.8. The molecular formula is C21H14N2O4S. The normalized spacial score (nSPS) is 12.8. The zero-order chi connectivity index (χ0) is 19.8. The van der Waals surface area contributed by atoms with Gasteiger partial charge in [-0.2, -0.15) is 5.01 Å². The third-order valence-electron chi connectivity index (χ3n) is 4.39. The van der Waals surface area contributed by atoms with Crippen molar-refractivity contribution >= 4 is 39.8 Å². The minimum absolute atomic E-state index is 0.228. The molecule has 0 unspecified atom stereocenters. The van der Waals surface area contributed by atoms with Gasteiger partial charge in [-0.3, -0.25) is 19.2 Å². The minimum atomic E-state index is -0.595. The zero-order valence-corrected chi connectivity index (χ0v) is 15.6. The summed E-state index contributed by atoms with van der Waals surface area (Å²) >= 11 is 1.12. The first-order valence-electron chi connectivity index (χ1n) is 8.46. The van der Waals surface area contributed by atoms with Crippen LogP contribution in [0.25, 0.3) is 0 Å². The van der Waals surface area contributed by atoms with Crippen molar-refractivity contribution in [3.8, 4) is 0 Å². The van der Waals surface area contributed by atoms with Crippen LogP contribution >= 0.6 is 11.3 Å². The van der Waals surface area contributed by atoms with Crippen LogP contribution in [0.5, 0.6) is 0 Å². The number of hydrogen-bond donors (Lipinski definition) is 0. The van der Waals surface area contributed by atoms with Crippen molar-refractivity contribution in [1.29, 1.82) is 0 Å². The summed E-state index contributed by atoms with van der Waals surface area (Å²) < 4.78 is 0. The van der Waals surface area contributed by atoms with Crippen LogP contribution in [-0.4, -0.2) is 28.5 Å². The Balaban J connectivity index is 1.79. The molecule has 0 saturated carbocycles. The summed E-state index contributed by atoms with van der Waals surface area (Å²) in [5.41, 5.74) is 1.16. The van der Waals surface area contributed by atoms with Gasteiger partial charge in [-0.1, -0.05) is 42.5 Å². The Morgan fingerprint density at radius 3 is 2.00 bits per heavy atom. The summed E-state index contributed by atoms with van der Waals surface area (Å²) in [6.07, 6.45) is 0. The Hall–Kier alpha value is -3.58. The first-order valence-corrected chi connectivity index (χ1v) is 9.34. The number of benzene rings is 2. The molecule has 3 amide bonds. The summed E-state index contributed by atoms with van der Waals surface area (Å²) in [6, 6.07) is 16.6. The predicted octanol–water partition coefficient (Wildman–Crippen LogP) is 3.54. The SMILES string of the molecule is CC(=O)N(c1sccc1C(=O)c1ccccc1)N1C(=O)c2ccccc2C1=O. The Labute approximate surface area is 164 Å². The van der Waals surface area contributed by atoms with E-state index >= 15 is 0 Å². The number of nitrogens with zero attached hydrogens (tertiary/aromatic N) is 2. The van der Waals surface area contributed by atoms with Gasteiger partial charge >= 0.3 is 0 Å². The van der Waals surface area contributed by atoms with Crippen LogP contribution in [0.3, 0.4) is 0 Å². The summed E-state index contributed by atoms with van der Waals surface area (Å²) in [6.45, 7) is 1.25. The lowest BCUT2D eigenvalue weighted by Crippen LogP contribution is -2.49. The molecule has 3 aromatic rings. The molecule has 0 aliphatic carbocycles. The molecule has 6 nitrogen and oxygen atoms in total. The van der Waals surface area contributed by atoms with E-state index in [1.54, 1.807) is 66.0 Å². The highest BCUT2D eigenvalue weighted by molar-refractivity contribution is 7.14. The smallest absolute Gasteiger partial charge is 0.281 e. The number of imide groups is 1. The largest absolute Gasteiger partial charge is 0.288 e. The van der Waals surface area contributed by atoms with Crippen LogP contribution in [0, 0.1) is 0 Å². The summed E-state index contributed by atoms with van der Waals surface area (Å²) in [7, 11) is 0. The lowest BCUT2D eigenvalue weighted by molar-refractivity contribution is -0.118. The molecule has 0 saturated heterocycles. The molecule has 2 heterocycles. The maximum atomic E-state index is 12.9. The van der Waals surface area contributed by atoms with Crippen LogP contribution in [0.15, 0.2) is 66.0 Å². The number of fused-ring (bicyclic) bond motifs is 1. The third-order valence-corrected chi connectivity index (χ3v) is 5.28. The molecule has 138 valence electrons. The van der Waals surface area contributed by atoms with Crippen molar-refractivity contribution in [3.05, 3.63) is 88.3 Å². The Morgan fingerprint density at radius 1 is 0.857 bits per heavy atom. The van der Waals surface area contributed by atoms with E-state index in [2.05, 4.69) is 0 Å². The predicted molar refractivity (Wildman–Crippen MR) is 104 cm³/mol. The first-order chi connectivity index (χ1) is 13.5. The van der Waals surface area contributed by atoms with Gasteiger partial charge in [-0.05, 0) is 23.6 Å². The van der Waals surface area contributed by atoms with E-state index in [9.17, 15) is 19.2 Å². The standard InChI is InChI=1S/C21H14N2O4S/c1-13(24)22(23-19(26)15-9-5-6-10-16(15)20(23)27)21-17(11-12-28-21)18(25)14-7-3-2-4-8-14/h2-12H,1H3. The number of ketones is 1. The second kappa shape index (κ2) is 6.86. The number of hydrazine groups is 1. The van der Waals surface area contributed by atoms with Gasteiger partial charge < -0.3 is 0 Å². The van der Waals surface area contributed by atoms with E-state index in [1.807, 2.05) is 0 Å². The van der Waals surface area contributed by atoms with Gasteiger partial charge in [-0.25, -0.2) is 5.01 Å². The molecule has 0 atom stereocenters. The number of amides is 3. The molecular weight excluding hydrogens is 376 g/mol. The molecule has 1 aliphatic rings. The fraction of sp³-hybridized carbons (Fsp3) is 0.0476. The van der Waals surface area contributed by atoms with Crippen molar-refractivity contribution in [2.45, 2.75) is 6.92 Å². The molecule has 4 rings (SSSR count). The van der Waals surface area contributed by atoms with E-state index in [-0.39, 0.29) is 27.5 Å². The third kappa shape index (κ3) is 2.73. The zero-order valence-electron chi connectivity index (χ0n) is 14.8. The molecule has 7 heteroatoms. The summed E-state index contributed by atoms with van der Waals surface area (Å²) in [4.78, 5) is 51.1. The lowest BCUT2D eigenvalue weighted by atomic mass is 10.1. The van der Waals surface area contributed by atoms with Crippen LogP contribution in [-0.2, 0) is 4.79 Å². The van der Waals surface area contributed by atoms with E-state index in [0.29, 0.717) is 5.56 Å². The number of carbonyl (C=O) groups excluding carboxylic acids is 4. The monoisotopic (exact) mass is 390 g/mol. The minimum Gasteiger partial charge on any atom is -0.288 e. The van der Waals surface area contributed by atoms with Crippen molar-refractivity contribution in [2.75, 3.05) is 5.01 Å². The molecule has 0 radical (unpaired) electrons. The van der Waals surface area contributed by atoms with Gasteiger partial charge in [0.15, 0.2) is 5.78 Å². The van der Waals surface area contributed by atoms with Crippen LogP contribution in [0.2, 0.25) is 0 Å². The second-order valence-corrected chi connectivity index (χ2v) is 7.03. The fourth-order valence-electron chi connectivity index (χ4n) is 3.12. The van der Waals surface area contributed by atoms with Crippen molar-refractivity contribution in [1.82, 2.24) is 5.01 Å². The van der Waals surface area contributed by atoms with Crippen molar-refractivity contribution in [3.63, 3.8) is 0 Å². The van der Waals surface area contributed by atoms with Crippen molar-refractivity contribution < 1.29 is 19.2 Å². The second-order valence-electron chi connectivity index (χ2n) is 6.13. The van der Waals surface area contributed by atoms with Gasteiger partial charge in [0.1, 0.15) is 5.00 Å². The van der Waals surface area contributed by atoms with Gasteiger partial charge in [0.2, 0.25) is 5.91 Å². The molecule has 2 aromatic carbocycles. The molecule has 1 aliphatic heterocycles. The van der Waals surface area contributed by atoms with Gasteiger partial charge in [0, 0.05) is 12.5 Å². The van der Waals surface area contributed by atoms with Crippen LogP contribution < -0.4 is 5.01 Å². The number of carbonyl (C=O) groups is 4. The molecule has 0 N–H and O–H groups in total. The summed E-state index contributed by atoms with van der Waals surface area (Å²) in [5, 5.41) is 3.68. The Morgan fingerprint density at radius 2 is 1.43 bits per heavy atom. The van der Waals surface area contributed by atoms with Gasteiger partial charge in [0.25, 0.3) is 11.8 Å². The van der Waals surface area contributed by atoms with E-state index < -0.39 is 17.7 Å². The highest BCUT2D eigenvalue weighted by atomic mass is 32.1. The molecule has 1 aromatic heterocycles. The topological polar surface area (TPSA) is 74.8 Å². The maximum absolute atomic E-state index is 12.9. The molecule has 0 spiro atoms. The summed E-state index contributed by atoms with van der Waals surface area (Å²) in [5.74, 6) is -2.02. The van der Waals surface area contributed by atoms with E-state index in [0.717, 1.165) is 21.4 Å². The lowest BCUT2D eigenvalue weighted by Gasteiger charge is -2.28. The highest BCUT2D eigenvalue weighted by Crippen LogP contribution is 2.34. The quantitative estimate of drug-likeness (QED) is 0.504. The number of hydrogen-bond acceptors (Lipinski definition) is 5. The van der Waals surface area contributed by atoms with Gasteiger partial charge in [-0.15, -0.1) is 11.3 Å². The molecule has 0 bridgehead atoms. The fourth-order valence-corrected chi connectivity index (χ4v) is 4.05. The maximum Gasteiger partial charge on any atom is 0.281 e. The molecule has 0 fully saturated rings. The number of anilines is 1. The van der Waals surface area contributed by atoms with Crippen LogP contribution in [0.4, 0.5) is 5.00 Å². The van der Waals surface area contributed by atoms with Gasteiger partial charge in [0.05, 0.1) is 16.7 Å². The van der Waals surface area contributed by atoms with E-state index in [4.69, 9.17) is 0 Å². The number of thiophene rings is 1. The number of rotatable bonds is 4. The molecule has 28 heavy (non-hydrogen) atoms. The average molecular weight is 390 g/mol. The highest BCUT2D eigenvalue weighted by Gasteiger charge is 2.42. The Kier molecular flexibility index (Phi) is 4.37. The Bertz CT molecular complexity index is 1090. The van der Waals surface area contributed by atoms with Crippen LogP contribution in [0.1, 0.15) is 43.6 Å². The average Bonchev–Trinajstić information content (AvgIpc) is 3.28. The van der Waals surface area contributed by atoms with Crippen molar-refractivity contribution in [2.24, 2.45) is 0 Å².